The monoisotopic (exact) mass is 223 g/mol. The Morgan fingerprint density at radius 3 is 2.69 bits per heavy atom. The summed E-state index contributed by atoms with van der Waals surface area (Å²) in [5, 5.41) is 19.5. The number of aliphatic hydroxyl groups excluding tert-OH is 1. The normalized spacial score (nSPS) is 10.9. The quantitative estimate of drug-likeness (QED) is 0.276. The zero-order chi connectivity index (χ0) is 12.1. The van der Waals surface area contributed by atoms with Crippen molar-refractivity contribution in [1.82, 2.24) is 0 Å². The molecule has 0 aliphatic rings. The molecule has 0 heterocycles. The maximum absolute atomic E-state index is 10.7. The highest BCUT2D eigenvalue weighted by Crippen LogP contribution is 2.28. The molecule has 0 saturated carbocycles. The third-order valence-electron chi connectivity index (χ3n) is 1.98. The molecule has 1 N–H and O–H groups in total. The highest BCUT2D eigenvalue weighted by molar-refractivity contribution is 6.08. The molecule has 6 nitrogen and oxygen atoms in total. The van der Waals surface area contributed by atoms with Gasteiger partial charge < -0.3 is 9.84 Å². The summed E-state index contributed by atoms with van der Waals surface area (Å²) in [4.78, 5) is 20.7. The molecule has 0 aliphatic carbocycles. The van der Waals surface area contributed by atoms with Crippen LogP contribution in [0.4, 0.5) is 5.69 Å². The second kappa shape index (κ2) is 4.92. The zero-order valence-corrected chi connectivity index (χ0v) is 8.41. The Morgan fingerprint density at radius 2 is 2.25 bits per heavy atom. The van der Waals surface area contributed by atoms with Gasteiger partial charge in [0.2, 0.25) is 0 Å². The van der Waals surface area contributed by atoms with E-state index >= 15 is 0 Å². The molecule has 16 heavy (non-hydrogen) atoms. The second-order valence-corrected chi connectivity index (χ2v) is 2.84. The molecule has 0 saturated heterocycles. The molecule has 0 bridgehead atoms. The van der Waals surface area contributed by atoms with Crippen molar-refractivity contribution in [1.29, 1.82) is 0 Å². The van der Waals surface area contributed by atoms with Crippen LogP contribution < -0.4 is 4.74 Å². The van der Waals surface area contributed by atoms with Crippen LogP contribution in [0.1, 0.15) is 5.56 Å². The van der Waals surface area contributed by atoms with Crippen LogP contribution in [0.2, 0.25) is 0 Å². The second-order valence-electron chi connectivity index (χ2n) is 2.84. The number of allylic oxidation sites excluding steroid dienone is 1. The molecule has 0 amide bonds. The van der Waals surface area contributed by atoms with E-state index in [1.165, 1.54) is 25.3 Å². The lowest BCUT2D eigenvalue weighted by atomic mass is 10.1. The number of ether oxygens (including phenoxy) is 1. The summed E-state index contributed by atoms with van der Waals surface area (Å²) in [7, 11) is 1.40. The van der Waals surface area contributed by atoms with Crippen LogP contribution in [0.3, 0.4) is 0 Å². The van der Waals surface area contributed by atoms with Gasteiger partial charge in [0.05, 0.1) is 29.4 Å². The lowest BCUT2D eigenvalue weighted by Crippen LogP contribution is -1.97. The number of rotatable bonds is 4. The first kappa shape index (κ1) is 11.7. The summed E-state index contributed by atoms with van der Waals surface area (Å²) >= 11 is 0. The summed E-state index contributed by atoms with van der Waals surface area (Å²) in [5.74, 6) is 0.363. The van der Waals surface area contributed by atoms with Gasteiger partial charge in [-0.1, -0.05) is 0 Å². The average molecular weight is 223 g/mol. The Balaban J connectivity index is 3.42. The predicted molar refractivity (Wildman–Crippen MR) is 56.3 cm³/mol. The summed E-state index contributed by atoms with van der Waals surface area (Å²) in [6.45, 7) is 0. The van der Waals surface area contributed by atoms with Crippen molar-refractivity contribution in [2.75, 3.05) is 7.11 Å². The number of methoxy groups -OCH3 is 1. The van der Waals surface area contributed by atoms with E-state index in [0.717, 1.165) is 0 Å². The Labute approximate surface area is 90.9 Å². The Morgan fingerprint density at radius 1 is 1.56 bits per heavy atom. The molecule has 0 unspecified atom stereocenters. The average Bonchev–Trinajstić information content (AvgIpc) is 2.30. The number of aldehydes is 1. The fourth-order valence-corrected chi connectivity index (χ4v) is 1.20. The van der Waals surface area contributed by atoms with Crippen molar-refractivity contribution in [3.8, 4) is 5.75 Å². The van der Waals surface area contributed by atoms with Crippen molar-refractivity contribution in [3.05, 3.63) is 40.1 Å². The molecule has 84 valence electrons. The van der Waals surface area contributed by atoms with Crippen LogP contribution in [-0.4, -0.2) is 23.4 Å². The van der Waals surface area contributed by atoms with E-state index in [0.29, 0.717) is 18.3 Å². The number of hydrogen-bond acceptors (Lipinski definition) is 5. The molecule has 0 aliphatic heterocycles. The van der Waals surface area contributed by atoms with Crippen LogP contribution >= 0.6 is 0 Å². The van der Waals surface area contributed by atoms with Gasteiger partial charge in [-0.05, 0) is 12.1 Å². The number of nitrogens with zero attached hydrogens (tertiary/aromatic N) is 1. The molecule has 0 atom stereocenters. The molecule has 0 aromatic heterocycles. The minimum atomic E-state index is -0.637. The van der Waals surface area contributed by atoms with Crippen molar-refractivity contribution >= 4 is 17.5 Å². The highest BCUT2D eigenvalue weighted by Gasteiger charge is 2.17. The Hall–Kier alpha value is -2.37. The fraction of sp³-hybridized carbons (Fsp3) is 0.100. The number of carbonyl (C=O) groups excluding carboxylic acids is 1. The van der Waals surface area contributed by atoms with E-state index in [1.54, 1.807) is 0 Å². The van der Waals surface area contributed by atoms with Gasteiger partial charge in [-0.2, -0.15) is 0 Å². The number of nitro benzene ring substituents is 1. The number of aliphatic hydroxyl groups is 1. The largest absolute Gasteiger partial charge is 0.515 e. The van der Waals surface area contributed by atoms with Crippen LogP contribution in [-0.2, 0) is 4.79 Å². The van der Waals surface area contributed by atoms with Gasteiger partial charge >= 0.3 is 0 Å². The zero-order valence-electron chi connectivity index (χ0n) is 8.41. The molecule has 0 radical (unpaired) electrons. The summed E-state index contributed by atoms with van der Waals surface area (Å²) < 4.78 is 4.88. The molecule has 0 spiro atoms. The van der Waals surface area contributed by atoms with Crippen molar-refractivity contribution in [3.63, 3.8) is 0 Å². The van der Waals surface area contributed by atoms with E-state index < -0.39 is 4.92 Å². The Bertz CT molecular complexity index is 453. The van der Waals surface area contributed by atoms with Crippen molar-refractivity contribution < 1.29 is 19.6 Å². The third-order valence-corrected chi connectivity index (χ3v) is 1.98. The Kier molecular flexibility index (Phi) is 3.60. The number of benzene rings is 1. The van der Waals surface area contributed by atoms with Gasteiger partial charge in [-0.25, -0.2) is 0 Å². The maximum atomic E-state index is 10.7. The van der Waals surface area contributed by atoms with E-state index in [-0.39, 0.29) is 16.8 Å². The van der Waals surface area contributed by atoms with E-state index in [2.05, 4.69) is 0 Å². The first-order chi connectivity index (χ1) is 7.63. The van der Waals surface area contributed by atoms with Gasteiger partial charge in [0.1, 0.15) is 5.75 Å². The molecule has 0 fully saturated rings. The van der Waals surface area contributed by atoms with Crippen molar-refractivity contribution in [2.45, 2.75) is 0 Å². The maximum Gasteiger partial charge on any atom is 0.277 e. The predicted octanol–water partition coefficient (Wildman–Crippen LogP) is 1.70. The van der Waals surface area contributed by atoms with Crippen LogP contribution in [0.5, 0.6) is 5.75 Å². The molecule has 1 aromatic carbocycles. The number of nitro groups is 1. The van der Waals surface area contributed by atoms with E-state index in [1.807, 2.05) is 0 Å². The molecule has 6 heteroatoms. The van der Waals surface area contributed by atoms with Gasteiger partial charge in [0.25, 0.3) is 5.69 Å². The molecular weight excluding hydrogens is 214 g/mol. The standard InChI is InChI=1S/C10H9NO5/c1-16-8-2-3-10(11(14)15)9(4-8)7(5-12)6-13/h2-6,12H,1H3. The minimum absolute atomic E-state index is 0.0156. The topological polar surface area (TPSA) is 89.7 Å². The third kappa shape index (κ3) is 2.17. The van der Waals surface area contributed by atoms with Crippen LogP contribution in [0.15, 0.2) is 24.5 Å². The first-order valence-corrected chi connectivity index (χ1v) is 4.26. The van der Waals surface area contributed by atoms with Gasteiger partial charge in [0.15, 0.2) is 6.29 Å². The first-order valence-electron chi connectivity index (χ1n) is 4.26. The molecule has 1 aromatic rings. The van der Waals surface area contributed by atoms with Crippen molar-refractivity contribution in [2.24, 2.45) is 0 Å². The van der Waals surface area contributed by atoms with Crippen LogP contribution in [0.25, 0.3) is 5.57 Å². The van der Waals surface area contributed by atoms with E-state index in [4.69, 9.17) is 9.84 Å². The van der Waals surface area contributed by atoms with E-state index in [9.17, 15) is 14.9 Å². The van der Waals surface area contributed by atoms with Gasteiger partial charge in [0, 0.05) is 6.07 Å². The number of hydrogen-bond donors (Lipinski definition) is 1. The minimum Gasteiger partial charge on any atom is -0.515 e. The van der Waals surface area contributed by atoms with Crippen LogP contribution in [0, 0.1) is 10.1 Å². The summed E-state index contributed by atoms with van der Waals surface area (Å²) in [6.07, 6.45) is 0.858. The smallest absolute Gasteiger partial charge is 0.277 e. The van der Waals surface area contributed by atoms with Gasteiger partial charge in [-0.3, -0.25) is 14.9 Å². The summed E-state index contributed by atoms with van der Waals surface area (Å²) in [5.41, 5.74) is -0.430. The summed E-state index contributed by atoms with van der Waals surface area (Å²) in [6, 6.07) is 3.93. The molecule has 1 rings (SSSR count). The van der Waals surface area contributed by atoms with Gasteiger partial charge in [-0.15, -0.1) is 0 Å². The molecular formula is C10H9NO5. The fourth-order valence-electron chi connectivity index (χ4n) is 1.20. The highest BCUT2D eigenvalue weighted by atomic mass is 16.6. The lowest BCUT2D eigenvalue weighted by molar-refractivity contribution is -0.385. The number of carbonyl (C=O) groups is 1. The lowest BCUT2D eigenvalue weighted by Gasteiger charge is -2.04. The SMILES string of the molecule is COc1ccc([N+](=O)[O-])c(C(C=O)=CO)c1.